The molecule has 1 aromatic rings. The molecule has 1 heterocycles. The highest BCUT2D eigenvalue weighted by Gasteiger charge is 2.04. The summed E-state index contributed by atoms with van der Waals surface area (Å²) in [6.07, 6.45) is 1.67. The van der Waals surface area contributed by atoms with Crippen molar-refractivity contribution in [1.29, 1.82) is 0 Å². The number of aromatic nitrogens is 1. The highest BCUT2D eigenvalue weighted by molar-refractivity contribution is 5.42. The highest BCUT2D eigenvalue weighted by atomic mass is 16.5. The second kappa shape index (κ2) is 4.28. The van der Waals surface area contributed by atoms with Gasteiger partial charge in [0.05, 0.1) is 18.3 Å². The van der Waals surface area contributed by atoms with Crippen LogP contribution in [0.4, 0.5) is 5.69 Å². The number of rotatable bonds is 3. The lowest BCUT2D eigenvalue weighted by molar-refractivity contribution is 0.102. The lowest BCUT2D eigenvalue weighted by atomic mass is 10.2. The molecule has 1 atom stereocenters. The van der Waals surface area contributed by atoms with Crippen molar-refractivity contribution in [3.63, 3.8) is 0 Å². The fraction of sp³-hybridized carbons (Fsp3) is 0.500. The minimum absolute atomic E-state index is 0.00908. The zero-order chi connectivity index (χ0) is 10.7. The topological polar surface area (TPSA) is 57.2 Å². The van der Waals surface area contributed by atoms with Crippen LogP contribution in [0.5, 0.6) is 0 Å². The maximum atomic E-state index is 11.5. The number of ether oxygens (including phenoxy) is 1. The molecule has 14 heavy (non-hydrogen) atoms. The van der Waals surface area contributed by atoms with E-state index in [1.165, 1.54) is 6.07 Å². The Hall–Kier alpha value is -1.29. The average Bonchev–Trinajstić information content (AvgIpc) is 2.14. The third kappa shape index (κ3) is 2.35. The van der Waals surface area contributed by atoms with Gasteiger partial charge in [0.25, 0.3) is 5.56 Å². The number of hydrogen-bond acceptors (Lipinski definition) is 3. The molecule has 4 nitrogen and oxygen atoms in total. The Morgan fingerprint density at radius 1 is 1.64 bits per heavy atom. The van der Waals surface area contributed by atoms with Crippen molar-refractivity contribution < 1.29 is 4.74 Å². The van der Waals surface area contributed by atoms with Crippen LogP contribution in [0.1, 0.15) is 12.5 Å². The molecule has 0 aliphatic rings. The van der Waals surface area contributed by atoms with Crippen molar-refractivity contribution in [3.8, 4) is 0 Å². The Morgan fingerprint density at radius 3 is 2.86 bits per heavy atom. The number of nitrogen functional groups attached to an aromatic ring is 1. The highest BCUT2D eigenvalue weighted by Crippen LogP contribution is 2.06. The van der Waals surface area contributed by atoms with Gasteiger partial charge in [-0.2, -0.15) is 0 Å². The maximum Gasteiger partial charge on any atom is 0.251 e. The average molecular weight is 196 g/mol. The Balaban J connectivity index is 2.98. The van der Waals surface area contributed by atoms with E-state index in [9.17, 15) is 4.79 Å². The smallest absolute Gasteiger partial charge is 0.251 e. The first-order chi connectivity index (χ1) is 6.54. The molecule has 1 unspecified atom stereocenters. The molecule has 1 rings (SSSR count). The van der Waals surface area contributed by atoms with Gasteiger partial charge in [-0.15, -0.1) is 0 Å². The van der Waals surface area contributed by atoms with Gasteiger partial charge in [-0.1, -0.05) is 0 Å². The Morgan fingerprint density at radius 2 is 2.29 bits per heavy atom. The minimum Gasteiger partial charge on any atom is -0.397 e. The van der Waals surface area contributed by atoms with E-state index in [4.69, 9.17) is 10.5 Å². The van der Waals surface area contributed by atoms with Gasteiger partial charge < -0.3 is 15.0 Å². The van der Waals surface area contributed by atoms with Gasteiger partial charge in [0.2, 0.25) is 0 Å². The summed E-state index contributed by atoms with van der Waals surface area (Å²) in [5.74, 6) is 0. The summed E-state index contributed by atoms with van der Waals surface area (Å²) in [4.78, 5) is 11.5. The van der Waals surface area contributed by atoms with E-state index in [-0.39, 0.29) is 11.7 Å². The zero-order valence-corrected chi connectivity index (χ0v) is 8.78. The molecule has 0 fully saturated rings. The monoisotopic (exact) mass is 196 g/mol. The zero-order valence-electron chi connectivity index (χ0n) is 8.78. The number of aryl methyl sites for hydroxylation is 1. The van der Waals surface area contributed by atoms with Crippen LogP contribution in [-0.4, -0.2) is 17.8 Å². The molecule has 0 bridgehead atoms. The van der Waals surface area contributed by atoms with Crippen molar-refractivity contribution in [2.24, 2.45) is 0 Å². The van der Waals surface area contributed by atoms with Gasteiger partial charge in [0, 0.05) is 19.4 Å². The summed E-state index contributed by atoms with van der Waals surface area (Å²) in [6.45, 7) is 4.25. The third-order valence-electron chi connectivity index (χ3n) is 2.23. The molecule has 4 heteroatoms. The van der Waals surface area contributed by atoms with Gasteiger partial charge in [-0.25, -0.2) is 0 Å². The summed E-state index contributed by atoms with van der Waals surface area (Å²) in [6, 6.07) is 1.54. The fourth-order valence-corrected chi connectivity index (χ4v) is 1.18. The second-order valence-corrected chi connectivity index (χ2v) is 3.45. The van der Waals surface area contributed by atoms with Crippen molar-refractivity contribution >= 4 is 5.69 Å². The van der Waals surface area contributed by atoms with Crippen LogP contribution in [0, 0.1) is 6.92 Å². The Labute approximate surface area is 83.3 Å². The molecule has 1 aromatic heterocycles. The lowest BCUT2D eigenvalue weighted by Crippen LogP contribution is -2.26. The second-order valence-electron chi connectivity index (χ2n) is 3.45. The van der Waals surface area contributed by atoms with Crippen LogP contribution in [-0.2, 0) is 11.3 Å². The first kappa shape index (κ1) is 10.8. The first-order valence-corrected chi connectivity index (χ1v) is 4.54. The van der Waals surface area contributed by atoms with Crippen LogP contribution in [0.15, 0.2) is 17.1 Å². The third-order valence-corrected chi connectivity index (χ3v) is 2.23. The number of methoxy groups -OCH3 is 1. The van der Waals surface area contributed by atoms with Crippen LogP contribution in [0.2, 0.25) is 0 Å². The summed E-state index contributed by atoms with van der Waals surface area (Å²) in [7, 11) is 1.62. The van der Waals surface area contributed by atoms with Gasteiger partial charge in [0.1, 0.15) is 0 Å². The van der Waals surface area contributed by atoms with E-state index >= 15 is 0 Å². The van der Waals surface area contributed by atoms with Crippen molar-refractivity contribution in [1.82, 2.24) is 4.57 Å². The summed E-state index contributed by atoms with van der Waals surface area (Å²) < 4.78 is 6.64. The van der Waals surface area contributed by atoms with Crippen LogP contribution in [0.3, 0.4) is 0 Å². The molecule has 0 aliphatic heterocycles. The van der Waals surface area contributed by atoms with Gasteiger partial charge >= 0.3 is 0 Å². The van der Waals surface area contributed by atoms with Crippen molar-refractivity contribution in [2.75, 3.05) is 12.8 Å². The molecular formula is C10H16N2O2. The largest absolute Gasteiger partial charge is 0.397 e. The molecule has 0 spiro atoms. The van der Waals surface area contributed by atoms with Gasteiger partial charge in [-0.3, -0.25) is 4.79 Å². The molecule has 0 saturated heterocycles. The van der Waals surface area contributed by atoms with Gasteiger partial charge in [0.15, 0.2) is 0 Å². The Bertz CT molecular complexity index is 371. The molecule has 0 aromatic carbocycles. The van der Waals surface area contributed by atoms with E-state index in [0.717, 1.165) is 5.56 Å². The molecule has 2 N–H and O–H groups in total. The summed E-state index contributed by atoms with van der Waals surface area (Å²) in [5, 5.41) is 0. The standard InChI is InChI=1S/C10H16N2O2/c1-7-4-10(13)12(6-9(7)11)5-8(2)14-3/h4,6,8H,5,11H2,1-3H3. The maximum absolute atomic E-state index is 11.5. The van der Waals surface area contributed by atoms with E-state index in [1.54, 1.807) is 17.9 Å². The SMILES string of the molecule is COC(C)Cn1cc(N)c(C)cc1=O. The van der Waals surface area contributed by atoms with E-state index in [0.29, 0.717) is 12.2 Å². The quantitative estimate of drug-likeness (QED) is 0.777. The predicted octanol–water partition coefficient (Wildman–Crippen LogP) is 0.774. The molecule has 0 amide bonds. The molecule has 0 saturated carbocycles. The molecule has 0 aliphatic carbocycles. The van der Waals surface area contributed by atoms with Crippen LogP contribution >= 0.6 is 0 Å². The Kier molecular flexibility index (Phi) is 3.30. The number of hydrogen-bond donors (Lipinski definition) is 1. The van der Waals surface area contributed by atoms with Crippen LogP contribution < -0.4 is 11.3 Å². The summed E-state index contributed by atoms with van der Waals surface area (Å²) >= 11 is 0. The van der Waals surface area contributed by atoms with Gasteiger partial charge in [-0.05, 0) is 19.4 Å². The molecular weight excluding hydrogens is 180 g/mol. The van der Waals surface area contributed by atoms with Crippen molar-refractivity contribution in [2.45, 2.75) is 26.5 Å². The minimum atomic E-state index is -0.0411. The fourth-order valence-electron chi connectivity index (χ4n) is 1.18. The number of nitrogens with two attached hydrogens (primary N) is 1. The predicted molar refractivity (Wildman–Crippen MR) is 56.3 cm³/mol. The number of nitrogens with zero attached hydrogens (tertiary/aromatic N) is 1. The van der Waals surface area contributed by atoms with E-state index < -0.39 is 0 Å². The lowest BCUT2D eigenvalue weighted by Gasteiger charge is -2.12. The van der Waals surface area contributed by atoms with Crippen LogP contribution in [0.25, 0.3) is 0 Å². The first-order valence-electron chi connectivity index (χ1n) is 4.54. The van der Waals surface area contributed by atoms with E-state index in [1.807, 2.05) is 13.8 Å². The normalized spacial score (nSPS) is 12.8. The van der Waals surface area contributed by atoms with Crippen molar-refractivity contribution in [3.05, 3.63) is 28.2 Å². The number of anilines is 1. The number of pyridine rings is 1. The molecule has 0 radical (unpaired) electrons. The molecule has 78 valence electrons. The van der Waals surface area contributed by atoms with E-state index in [2.05, 4.69) is 0 Å². The summed E-state index contributed by atoms with van der Waals surface area (Å²) in [5.41, 5.74) is 7.11.